The second-order valence-corrected chi connectivity index (χ2v) is 7.29. The van der Waals surface area contributed by atoms with E-state index in [2.05, 4.69) is 10.6 Å². The van der Waals surface area contributed by atoms with Crippen molar-refractivity contribution in [3.05, 3.63) is 29.8 Å². The van der Waals surface area contributed by atoms with E-state index in [1.54, 1.807) is 4.90 Å². The van der Waals surface area contributed by atoms with E-state index < -0.39 is 10.0 Å². The highest BCUT2D eigenvalue weighted by Gasteiger charge is 2.26. The third-order valence-electron chi connectivity index (χ3n) is 3.48. The molecule has 0 saturated carbocycles. The van der Waals surface area contributed by atoms with Gasteiger partial charge in [-0.25, -0.2) is 8.42 Å². The van der Waals surface area contributed by atoms with Gasteiger partial charge in [0.25, 0.3) is 5.91 Å². The highest BCUT2D eigenvalue weighted by molar-refractivity contribution is 7.89. The zero-order valence-corrected chi connectivity index (χ0v) is 14.0. The van der Waals surface area contributed by atoms with Crippen molar-refractivity contribution < 1.29 is 17.9 Å². The summed E-state index contributed by atoms with van der Waals surface area (Å²) in [6.45, 7) is 4.80. The predicted octanol–water partition coefficient (Wildman–Crippen LogP) is 0.847. The predicted molar refractivity (Wildman–Crippen MR) is 86.4 cm³/mol. The van der Waals surface area contributed by atoms with Crippen molar-refractivity contribution in [2.24, 2.45) is 0 Å². The van der Waals surface area contributed by atoms with Gasteiger partial charge in [0, 0.05) is 18.7 Å². The first kappa shape index (κ1) is 17.5. The number of terminal acetylenes is 1. The van der Waals surface area contributed by atoms with Crippen LogP contribution < -0.4 is 4.72 Å². The van der Waals surface area contributed by atoms with Crippen LogP contribution in [-0.2, 0) is 14.8 Å². The number of amides is 1. The number of nitrogens with zero attached hydrogens (tertiary/aromatic N) is 1. The third kappa shape index (κ3) is 4.32. The Kier molecular flexibility index (Phi) is 5.42. The summed E-state index contributed by atoms with van der Waals surface area (Å²) in [5.41, 5.74) is 0.446. The summed E-state index contributed by atoms with van der Waals surface area (Å²) >= 11 is 0. The van der Waals surface area contributed by atoms with Gasteiger partial charge in [-0.1, -0.05) is 5.92 Å². The number of benzene rings is 1. The SMILES string of the molecule is C#CCNS(=O)(=O)c1ccc(C(=O)N2C[C@@H](C)O[C@@H](C)C2)cc1. The summed E-state index contributed by atoms with van der Waals surface area (Å²) in [7, 11) is -3.64. The number of hydrogen-bond donors (Lipinski definition) is 1. The summed E-state index contributed by atoms with van der Waals surface area (Å²) in [6, 6.07) is 5.83. The van der Waals surface area contributed by atoms with E-state index in [4.69, 9.17) is 11.2 Å². The fourth-order valence-corrected chi connectivity index (χ4v) is 3.46. The van der Waals surface area contributed by atoms with Crippen LogP contribution in [0.25, 0.3) is 0 Å². The molecular weight excluding hydrogens is 316 g/mol. The average molecular weight is 336 g/mol. The molecule has 1 aliphatic heterocycles. The molecule has 2 rings (SSSR count). The minimum absolute atomic E-state index is 0.0182. The number of hydrogen-bond acceptors (Lipinski definition) is 4. The van der Waals surface area contributed by atoms with Gasteiger partial charge in [-0.15, -0.1) is 6.42 Å². The van der Waals surface area contributed by atoms with Gasteiger partial charge in [0.2, 0.25) is 10.0 Å². The number of morpholine rings is 1. The van der Waals surface area contributed by atoms with Crippen LogP contribution >= 0.6 is 0 Å². The molecule has 1 amide bonds. The standard InChI is InChI=1S/C16H20N2O4S/c1-4-9-17-23(20,21)15-7-5-14(6-8-15)16(19)18-10-12(2)22-13(3)11-18/h1,5-8,12-13,17H,9-11H2,2-3H3/t12-,13+. The number of carbonyl (C=O) groups is 1. The first-order valence-corrected chi connectivity index (χ1v) is 8.79. The Bertz CT molecular complexity index is 697. The molecule has 2 atom stereocenters. The fourth-order valence-electron chi connectivity index (χ4n) is 2.52. The molecule has 1 N–H and O–H groups in total. The Morgan fingerprint density at radius 1 is 1.30 bits per heavy atom. The largest absolute Gasteiger partial charge is 0.372 e. The summed E-state index contributed by atoms with van der Waals surface area (Å²) < 4.78 is 31.8. The Balaban J connectivity index is 2.13. The molecule has 1 aromatic carbocycles. The van der Waals surface area contributed by atoms with Gasteiger partial charge in [0.1, 0.15) is 0 Å². The topological polar surface area (TPSA) is 75.7 Å². The second-order valence-electron chi connectivity index (χ2n) is 5.52. The Hall–Kier alpha value is -1.88. The molecule has 7 heteroatoms. The van der Waals surface area contributed by atoms with Gasteiger partial charge in [0.05, 0.1) is 23.6 Å². The third-order valence-corrected chi connectivity index (χ3v) is 4.90. The summed E-state index contributed by atoms with van der Waals surface area (Å²) in [5.74, 6) is 2.08. The van der Waals surface area contributed by atoms with Gasteiger partial charge in [-0.2, -0.15) is 4.72 Å². The van der Waals surface area contributed by atoms with E-state index >= 15 is 0 Å². The monoisotopic (exact) mass is 336 g/mol. The molecule has 0 spiro atoms. The van der Waals surface area contributed by atoms with Crippen LogP contribution in [0, 0.1) is 12.3 Å². The van der Waals surface area contributed by atoms with Gasteiger partial charge < -0.3 is 9.64 Å². The van der Waals surface area contributed by atoms with Crippen molar-refractivity contribution in [1.82, 2.24) is 9.62 Å². The maximum absolute atomic E-state index is 12.5. The van der Waals surface area contributed by atoms with Gasteiger partial charge in [0.15, 0.2) is 0 Å². The molecule has 0 aliphatic carbocycles. The summed E-state index contributed by atoms with van der Waals surface area (Å²) in [5, 5.41) is 0. The second kappa shape index (κ2) is 7.13. The Labute approximate surface area is 136 Å². The highest BCUT2D eigenvalue weighted by atomic mass is 32.2. The molecule has 1 fully saturated rings. The van der Waals surface area contributed by atoms with Crippen molar-refractivity contribution in [2.45, 2.75) is 31.0 Å². The molecule has 1 aromatic rings. The van der Waals surface area contributed by atoms with Crippen LogP contribution in [0.3, 0.4) is 0 Å². The van der Waals surface area contributed by atoms with Gasteiger partial charge in [-0.3, -0.25) is 4.79 Å². The Morgan fingerprint density at radius 2 is 1.87 bits per heavy atom. The summed E-state index contributed by atoms with van der Waals surface area (Å²) in [4.78, 5) is 14.3. The number of ether oxygens (including phenoxy) is 1. The average Bonchev–Trinajstić information content (AvgIpc) is 2.51. The maximum atomic E-state index is 12.5. The lowest BCUT2D eigenvalue weighted by molar-refractivity contribution is -0.0586. The van der Waals surface area contributed by atoms with Crippen molar-refractivity contribution in [3.8, 4) is 12.3 Å². The summed E-state index contributed by atoms with van der Waals surface area (Å²) in [6.07, 6.45) is 5.01. The van der Waals surface area contributed by atoms with Crippen LogP contribution in [0.1, 0.15) is 24.2 Å². The normalized spacial score (nSPS) is 21.7. The number of nitrogens with one attached hydrogen (secondary N) is 1. The van der Waals surface area contributed by atoms with Crippen molar-refractivity contribution in [3.63, 3.8) is 0 Å². The molecule has 1 heterocycles. The fraction of sp³-hybridized carbons (Fsp3) is 0.438. The first-order chi connectivity index (χ1) is 10.8. The molecule has 6 nitrogen and oxygen atoms in total. The van der Waals surface area contributed by atoms with E-state index in [1.165, 1.54) is 24.3 Å². The van der Waals surface area contributed by atoms with E-state index in [1.807, 2.05) is 13.8 Å². The first-order valence-electron chi connectivity index (χ1n) is 7.31. The minimum Gasteiger partial charge on any atom is -0.372 e. The van der Waals surface area contributed by atoms with Crippen LogP contribution in [0.2, 0.25) is 0 Å². The van der Waals surface area contributed by atoms with Crippen molar-refractivity contribution in [1.29, 1.82) is 0 Å². The lowest BCUT2D eigenvalue weighted by Gasteiger charge is -2.35. The van der Waals surface area contributed by atoms with Crippen molar-refractivity contribution in [2.75, 3.05) is 19.6 Å². The zero-order valence-electron chi connectivity index (χ0n) is 13.2. The van der Waals surface area contributed by atoms with E-state index in [0.29, 0.717) is 18.7 Å². The maximum Gasteiger partial charge on any atom is 0.254 e. The molecule has 0 unspecified atom stereocenters. The van der Waals surface area contributed by atoms with Gasteiger partial charge in [-0.05, 0) is 38.1 Å². The number of sulfonamides is 1. The van der Waals surface area contributed by atoms with E-state index in [-0.39, 0.29) is 29.6 Å². The van der Waals surface area contributed by atoms with E-state index in [0.717, 1.165) is 0 Å². The zero-order chi connectivity index (χ0) is 17.0. The molecule has 1 saturated heterocycles. The van der Waals surface area contributed by atoms with Gasteiger partial charge >= 0.3 is 0 Å². The lowest BCUT2D eigenvalue weighted by atomic mass is 10.1. The van der Waals surface area contributed by atoms with E-state index in [9.17, 15) is 13.2 Å². The molecule has 0 radical (unpaired) electrons. The Morgan fingerprint density at radius 3 is 2.39 bits per heavy atom. The minimum atomic E-state index is -3.64. The number of rotatable bonds is 4. The molecule has 0 bridgehead atoms. The highest BCUT2D eigenvalue weighted by Crippen LogP contribution is 2.16. The van der Waals surface area contributed by atoms with Crippen molar-refractivity contribution >= 4 is 15.9 Å². The molecule has 1 aliphatic rings. The molecule has 124 valence electrons. The van der Waals surface area contributed by atoms with Crippen LogP contribution in [0.5, 0.6) is 0 Å². The lowest BCUT2D eigenvalue weighted by Crippen LogP contribution is -2.48. The number of carbonyl (C=O) groups excluding carboxylic acids is 1. The molecular formula is C16H20N2O4S. The van der Waals surface area contributed by atoms with Crippen LogP contribution in [0.4, 0.5) is 0 Å². The molecule has 23 heavy (non-hydrogen) atoms. The van der Waals surface area contributed by atoms with Crippen LogP contribution in [-0.4, -0.2) is 51.1 Å². The smallest absolute Gasteiger partial charge is 0.254 e. The quantitative estimate of drug-likeness (QED) is 0.827. The molecule has 0 aromatic heterocycles. The van der Waals surface area contributed by atoms with Crippen LogP contribution in [0.15, 0.2) is 29.2 Å².